The monoisotopic (exact) mass is 381 g/mol. The zero-order valence-electron chi connectivity index (χ0n) is 13.8. The maximum Gasteiger partial charge on any atom is 0.263 e. The van der Waals surface area contributed by atoms with Gasteiger partial charge < -0.3 is 10.1 Å². The molecule has 1 aliphatic rings. The molecule has 0 unspecified atom stereocenters. The second kappa shape index (κ2) is 7.49. The van der Waals surface area contributed by atoms with Crippen molar-refractivity contribution in [2.24, 2.45) is 0 Å². The highest BCUT2D eigenvalue weighted by Gasteiger charge is 2.18. The molecule has 1 aromatic heterocycles. The van der Waals surface area contributed by atoms with Gasteiger partial charge in [-0.1, -0.05) is 24.4 Å². The zero-order valence-corrected chi connectivity index (χ0v) is 15.4. The molecule has 6 nitrogen and oxygen atoms in total. The molecule has 2 aromatic rings. The summed E-state index contributed by atoms with van der Waals surface area (Å²) in [7, 11) is -2.30. The maximum absolute atomic E-state index is 12.5. The van der Waals surface area contributed by atoms with Gasteiger partial charge in [-0.15, -0.1) is 0 Å². The Kier molecular flexibility index (Phi) is 5.34. The second-order valence-electron chi connectivity index (χ2n) is 5.96. The zero-order chi connectivity index (χ0) is 17.9. The highest BCUT2D eigenvalue weighted by atomic mass is 35.5. The summed E-state index contributed by atoms with van der Waals surface area (Å²) in [5, 5.41) is 3.64. The Bertz CT molecular complexity index is 835. The van der Waals surface area contributed by atoms with Crippen LogP contribution < -0.4 is 14.8 Å². The molecular weight excluding hydrogens is 362 g/mol. The van der Waals surface area contributed by atoms with Crippen LogP contribution in [-0.2, 0) is 10.0 Å². The number of ether oxygens (including phenoxy) is 1. The fourth-order valence-electron chi connectivity index (χ4n) is 2.86. The molecule has 1 heterocycles. The highest BCUT2D eigenvalue weighted by Crippen LogP contribution is 2.28. The Morgan fingerprint density at radius 2 is 1.96 bits per heavy atom. The number of methoxy groups -OCH3 is 1. The maximum atomic E-state index is 12.5. The molecule has 3 rings (SSSR count). The smallest absolute Gasteiger partial charge is 0.263 e. The number of pyridine rings is 1. The van der Waals surface area contributed by atoms with Gasteiger partial charge in [0.2, 0.25) is 0 Å². The number of halogens is 1. The Morgan fingerprint density at radius 1 is 1.20 bits per heavy atom. The van der Waals surface area contributed by atoms with Crippen LogP contribution in [0.1, 0.15) is 25.7 Å². The molecule has 0 spiro atoms. The number of nitrogens with one attached hydrogen (secondary N) is 2. The molecule has 1 saturated carbocycles. The highest BCUT2D eigenvalue weighted by molar-refractivity contribution is 7.92. The summed E-state index contributed by atoms with van der Waals surface area (Å²) in [6, 6.07) is 8.23. The minimum atomic E-state index is -3.77. The number of sulfonamides is 1. The number of hydrogen-bond acceptors (Lipinski definition) is 5. The van der Waals surface area contributed by atoms with Crippen molar-refractivity contribution in [3.63, 3.8) is 0 Å². The summed E-state index contributed by atoms with van der Waals surface area (Å²) >= 11 is 6.00. The largest absolute Gasteiger partial charge is 0.495 e. The summed E-state index contributed by atoms with van der Waals surface area (Å²) in [6.45, 7) is 0. The van der Waals surface area contributed by atoms with E-state index in [1.54, 1.807) is 12.3 Å². The molecular formula is C17H20ClN3O3S. The van der Waals surface area contributed by atoms with E-state index in [2.05, 4.69) is 15.0 Å². The van der Waals surface area contributed by atoms with Gasteiger partial charge in [0.25, 0.3) is 10.0 Å². The number of nitrogens with zero attached hydrogens (tertiary/aromatic N) is 1. The van der Waals surface area contributed by atoms with Crippen LogP contribution in [0.25, 0.3) is 0 Å². The minimum Gasteiger partial charge on any atom is -0.495 e. The molecule has 0 saturated heterocycles. The van der Waals surface area contributed by atoms with Gasteiger partial charge in [-0.3, -0.25) is 4.72 Å². The number of aromatic nitrogens is 1. The van der Waals surface area contributed by atoms with Crippen molar-refractivity contribution in [3.8, 4) is 5.75 Å². The van der Waals surface area contributed by atoms with Crippen LogP contribution in [0.15, 0.2) is 41.4 Å². The number of anilines is 2. The average Bonchev–Trinajstić information content (AvgIpc) is 3.09. The van der Waals surface area contributed by atoms with Crippen LogP contribution in [-0.4, -0.2) is 26.6 Å². The van der Waals surface area contributed by atoms with Gasteiger partial charge in [0.05, 0.1) is 28.9 Å². The molecule has 0 atom stereocenters. The van der Waals surface area contributed by atoms with Crippen molar-refractivity contribution in [1.29, 1.82) is 0 Å². The van der Waals surface area contributed by atoms with Crippen LogP contribution in [0, 0.1) is 0 Å². The first kappa shape index (κ1) is 17.8. The van der Waals surface area contributed by atoms with Crippen molar-refractivity contribution in [2.75, 3.05) is 17.1 Å². The van der Waals surface area contributed by atoms with E-state index in [0.717, 1.165) is 18.5 Å². The Morgan fingerprint density at radius 3 is 2.56 bits per heavy atom. The second-order valence-corrected chi connectivity index (χ2v) is 8.05. The molecule has 25 heavy (non-hydrogen) atoms. The van der Waals surface area contributed by atoms with Crippen LogP contribution in [0.3, 0.4) is 0 Å². The third-order valence-corrected chi connectivity index (χ3v) is 5.81. The molecule has 1 fully saturated rings. The van der Waals surface area contributed by atoms with E-state index in [1.807, 2.05) is 6.07 Å². The van der Waals surface area contributed by atoms with Gasteiger partial charge in [0.15, 0.2) is 0 Å². The topological polar surface area (TPSA) is 80.3 Å². The fourth-order valence-corrected chi connectivity index (χ4v) is 4.21. The lowest BCUT2D eigenvalue weighted by Gasteiger charge is -2.14. The Balaban J connectivity index is 1.71. The molecule has 0 aliphatic heterocycles. The molecule has 134 valence electrons. The predicted octanol–water partition coefficient (Wildman–Crippen LogP) is 3.90. The quantitative estimate of drug-likeness (QED) is 0.793. The summed E-state index contributed by atoms with van der Waals surface area (Å²) < 4.78 is 32.4. The molecule has 8 heteroatoms. The summed E-state index contributed by atoms with van der Waals surface area (Å²) in [6.07, 6.45) is 6.44. The van der Waals surface area contributed by atoms with Crippen LogP contribution in [0.5, 0.6) is 5.75 Å². The number of hydrogen-bond donors (Lipinski definition) is 2. The third kappa shape index (κ3) is 4.35. The molecule has 1 aromatic carbocycles. The molecule has 0 bridgehead atoms. The molecule has 2 N–H and O–H groups in total. The lowest BCUT2D eigenvalue weighted by molar-refractivity contribution is 0.414. The fraction of sp³-hybridized carbons (Fsp3) is 0.353. The van der Waals surface area contributed by atoms with E-state index >= 15 is 0 Å². The van der Waals surface area contributed by atoms with E-state index < -0.39 is 10.0 Å². The average molecular weight is 382 g/mol. The number of rotatable bonds is 6. The molecule has 0 radical (unpaired) electrons. The van der Waals surface area contributed by atoms with Gasteiger partial charge in [0.1, 0.15) is 11.6 Å². The SMILES string of the molecule is COc1ccc(S(=O)(=O)Nc2ccc(NC3CCCC3)cn2)cc1Cl. The lowest BCUT2D eigenvalue weighted by Crippen LogP contribution is -2.16. The van der Waals surface area contributed by atoms with Gasteiger partial charge in [-0.25, -0.2) is 13.4 Å². The summed E-state index contributed by atoms with van der Waals surface area (Å²) in [4.78, 5) is 4.23. The molecule has 0 amide bonds. The van der Waals surface area contributed by atoms with Crippen molar-refractivity contribution in [2.45, 2.75) is 36.6 Å². The Labute approximate surface area is 152 Å². The first-order valence-corrected chi connectivity index (χ1v) is 9.93. The van der Waals surface area contributed by atoms with E-state index in [9.17, 15) is 8.42 Å². The predicted molar refractivity (Wildman–Crippen MR) is 98.9 cm³/mol. The van der Waals surface area contributed by atoms with E-state index in [0.29, 0.717) is 11.8 Å². The van der Waals surface area contributed by atoms with Crippen molar-refractivity contribution in [3.05, 3.63) is 41.6 Å². The van der Waals surface area contributed by atoms with Crippen LogP contribution in [0.4, 0.5) is 11.5 Å². The van der Waals surface area contributed by atoms with Gasteiger partial charge in [-0.2, -0.15) is 0 Å². The number of benzene rings is 1. The van der Waals surface area contributed by atoms with Crippen molar-refractivity contribution < 1.29 is 13.2 Å². The standard InChI is InChI=1S/C17H20ClN3O3S/c1-24-16-8-7-14(10-15(16)18)25(22,23)21-17-9-6-13(11-19-17)20-12-4-2-3-5-12/h6-12,20H,2-5H2,1H3,(H,19,21). The van der Waals surface area contributed by atoms with Crippen LogP contribution in [0.2, 0.25) is 5.02 Å². The first-order valence-electron chi connectivity index (χ1n) is 8.07. The first-order chi connectivity index (χ1) is 12.0. The van der Waals surface area contributed by atoms with Crippen LogP contribution >= 0.6 is 11.6 Å². The molecule has 1 aliphatic carbocycles. The van der Waals surface area contributed by atoms with Crippen molar-refractivity contribution >= 4 is 33.1 Å². The van der Waals surface area contributed by atoms with Gasteiger partial charge in [-0.05, 0) is 43.2 Å². The van der Waals surface area contributed by atoms with E-state index in [1.165, 1.54) is 38.2 Å². The summed E-state index contributed by atoms with van der Waals surface area (Å²) in [5.41, 5.74) is 0.891. The minimum absolute atomic E-state index is 0.0493. The lowest BCUT2D eigenvalue weighted by atomic mass is 10.2. The van der Waals surface area contributed by atoms with E-state index in [-0.39, 0.29) is 15.7 Å². The van der Waals surface area contributed by atoms with E-state index in [4.69, 9.17) is 16.3 Å². The van der Waals surface area contributed by atoms with Gasteiger partial charge in [0, 0.05) is 6.04 Å². The summed E-state index contributed by atoms with van der Waals surface area (Å²) in [5.74, 6) is 0.671. The normalized spacial score (nSPS) is 15.1. The van der Waals surface area contributed by atoms with Gasteiger partial charge >= 0.3 is 0 Å². The van der Waals surface area contributed by atoms with Crippen molar-refractivity contribution in [1.82, 2.24) is 4.98 Å². The Hall–Kier alpha value is -1.99. The third-order valence-electron chi connectivity index (χ3n) is 4.16.